The third kappa shape index (κ3) is 10.2. The van der Waals surface area contributed by atoms with Crippen molar-refractivity contribution < 1.29 is 34.5 Å². The molecule has 0 aliphatic rings. The molecule has 0 heterocycles. The summed E-state index contributed by atoms with van der Waals surface area (Å²) in [7, 11) is 1.77. The average Bonchev–Trinajstić information content (AvgIpc) is 2.48. The zero-order valence-electron chi connectivity index (χ0n) is 13.3. The van der Waals surface area contributed by atoms with Gasteiger partial charge in [-0.3, -0.25) is 4.79 Å². The summed E-state index contributed by atoms with van der Waals surface area (Å²) in [6.07, 6.45) is 3.22. The van der Waals surface area contributed by atoms with Crippen molar-refractivity contribution in [3.05, 3.63) is 12.2 Å². The molecule has 0 saturated heterocycles. The molecule has 0 aliphatic carbocycles. The number of amides is 2. The third-order valence-electron chi connectivity index (χ3n) is 2.95. The average molecular weight is 345 g/mol. The highest BCUT2D eigenvalue weighted by Gasteiger charge is 2.22. The van der Waals surface area contributed by atoms with Gasteiger partial charge < -0.3 is 31.3 Å². The molecule has 0 aromatic heterocycles. The van der Waals surface area contributed by atoms with E-state index in [4.69, 9.17) is 15.3 Å². The lowest BCUT2D eigenvalue weighted by molar-refractivity contribution is -0.139. The van der Waals surface area contributed by atoms with Gasteiger partial charge in [-0.05, 0) is 32.9 Å². The highest BCUT2D eigenvalue weighted by atomic mass is 16.4. The summed E-state index contributed by atoms with van der Waals surface area (Å²) in [6.45, 7) is 0.716. The summed E-state index contributed by atoms with van der Waals surface area (Å²) in [5.74, 6) is -3.76. The smallest absolute Gasteiger partial charge is 0.330 e. The van der Waals surface area contributed by atoms with E-state index in [0.717, 1.165) is 18.6 Å². The van der Waals surface area contributed by atoms with Gasteiger partial charge in [-0.2, -0.15) is 0 Å². The first-order valence-electron chi connectivity index (χ1n) is 7.33. The van der Waals surface area contributed by atoms with Gasteiger partial charge in [-0.25, -0.2) is 14.4 Å². The Bertz CT molecular complexity index is 479. The molecular weight excluding hydrogens is 322 g/mol. The molecule has 0 aromatic rings. The van der Waals surface area contributed by atoms with Crippen LogP contribution in [0.5, 0.6) is 0 Å². The van der Waals surface area contributed by atoms with E-state index in [2.05, 4.69) is 16.0 Å². The minimum Gasteiger partial charge on any atom is -0.481 e. The van der Waals surface area contributed by atoms with Gasteiger partial charge in [0.2, 0.25) is 0 Å². The summed E-state index contributed by atoms with van der Waals surface area (Å²) >= 11 is 0. The second-order valence-electron chi connectivity index (χ2n) is 4.95. The van der Waals surface area contributed by atoms with Crippen LogP contribution in [0.2, 0.25) is 0 Å². The maximum absolute atomic E-state index is 11.7. The van der Waals surface area contributed by atoms with Crippen molar-refractivity contribution in [2.75, 3.05) is 13.6 Å². The molecule has 6 N–H and O–H groups in total. The molecule has 2 amide bonds. The summed E-state index contributed by atoms with van der Waals surface area (Å²) in [5, 5.41) is 33.7. The van der Waals surface area contributed by atoms with Crippen LogP contribution in [0.4, 0.5) is 4.79 Å². The second kappa shape index (κ2) is 11.9. The molecule has 0 bridgehead atoms. The molecule has 0 aliphatic heterocycles. The van der Waals surface area contributed by atoms with E-state index in [1.165, 1.54) is 0 Å². The number of nitrogens with one attached hydrogen (secondary N) is 3. The van der Waals surface area contributed by atoms with E-state index in [0.29, 0.717) is 13.0 Å². The maximum atomic E-state index is 11.7. The number of hydrogen-bond acceptors (Lipinski definition) is 5. The third-order valence-corrected chi connectivity index (χ3v) is 2.95. The van der Waals surface area contributed by atoms with E-state index >= 15 is 0 Å². The lowest BCUT2D eigenvalue weighted by Gasteiger charge is -2.17. The maximum Gasteiger partial charge on any atom is 0.330 e. The summed E-state index contributed by atoms with van der Waals surface area (Å²) < 4.78 is 0. The summed E-state index contributed by atoms with van der Waals surface area (Å²) in [5.41, 5.74) is 0. The standard InChI is InChI=1S/C14H23N3O7/c1-15-8-3-2-5-9(12(20)21)16-14(24)17-10(13(22)23)6-4-7-11(18)19/h4,6,9-10,15H,2-3,5,7-8H2,1H3,(H,18,19)(H,20,21)(H,22,23)(H2,16,17,24)/b6-4+/t9-,10?/m0/s1. The Morgan fingerprint density at radius 1 is 1.00 bits per heavy atom. The van der Waals surface area contributed by atoms with Crippen molar-refractivity contribution in [1.82, 2.24) is 16.0 Å². The van der Waals surface area contributed by atoms with E-state index in [-0.39, 0.29) is 6.42 Å². The summed E-state index contributed by atoms with van der Waals surface area (Å²) in [4.78, 5) is 44.2. The number of carboxylic acid groups (broad SMARTS) is 3. The number of aliphatic carboxylic acids is 3. The molecule has 10 nitrogen and oxygen atoms in total. The lowest BCUT2D eigenvalue weighted by atomic mass is 10.1. The number of unbranched alkanes of at least 4 members (excludes halogenated alkanes) is 1. The van der Waals surface area contributed by atoms with E-state index < -0.39 is 42.4 Å². The first-order chi connectivity index (χ1) is 11.3. The Labute approximate surface area is 138 Å². The predicted octanol–water partition coefficient (Wildman–Crippen LogP) is -0.387. The van der Waals surface area contributed by atoms with Gasteiger partial charge in [0, 0.05) is 0 Å². The fourth-order valence-corrected chi connectivity index (χ4v) is 1.75. The van der Waals surface area contributed by atoms with Crippen LogP contribution in [0.1, 0.15) is 25.7 Å². The molecule has 136 valence electrons. The normalized spacial score (nSPS) is 13.2. The highest BCUT2D eigenvalue weighted by Crippen LogP contribution is 2.01. The van der Waals surface area contributed by atoms with Gasteiger partial charge in [0.05, 0.1) is 6.42 Å². The number of carbonyl (C=O) groups excluding carboxylic acids is 1. The minimum atomic E-state index is -1.46. The molecule has 0 aromatic carbocycles. The van der Waals surface area contributed by atoms with Crippen molar-refractivity contribution >= 4 is 23.9 Å². The molecule has 0 radical (unpaired) electrons. The van der Waals surface area contributed by atoms with Crippen LogP contribution in [0.15, 0.2) is 12.2 Å². The zero-order valence-corrected chi connectivity index (χ0v) is 13.3. The van der Waals surface area contributed by atoms with Crippen LogP contribution in [0, 0.1) is 0 Å². The first kappa shape index (κ1) is 21.4. The monoisotopic (exact) mass is 345 g/mol. The molecule has 0 fully saturated rings. The Morgan fingerprint density at radius 2 is 1.67 bits per heavy atom. The van der Waals surface area contributed by atoms with Crippen LogP contribution in [-0.2, 0) is 14.4 Å². The van der Waals surface area contributed by atoms with Crippen molar-refractivity contribution in [3.63, 3.8) is 0 Å². The van der Waals surface area contributed by atoms with Crippen molar-refractivity contribution in [3.8, 4) is 0 Å². The molecule has 2 atom stereocenters. The van der Waals surface area contributed by atoms with Gasteiger partial charge in [-0.1, -0.05) is 12.2 Å². The molecule has 1 unspecified atom stereocenters. The second-order valence-corrected chi connectivity index (χ2v) is 4.95. The number of urea groups is 1. The van der Waals surface area contributed by atoms with Crippen LogP contribution in [0.3, 0.4) is 0 Å². The molecule has 0 rings (SSSR count). The first-order valence-corrected chi connectivity index (χ1v) is 7.33. The predicted molar refractivity (Wildman–Crippen MR) is 83.7 cm³/mol. The van der Waals surface area contributed by atoms with Gasteiger partial charge >= 0.3 is 23.9 Å². The fourth-order valence-electron chi connectivity index (χ4n) is 1.75. The van der Waals surface area contributed by atoms with Gasteiger partial charge in [0.15, 0.2) is 0 Å². The molecule has 0 spiro atoms. The Balaban J connectivity index is 4.55. The van der Waals surface area contributed by atoms with Gasteiger partial charge in [0.25, 0.3) is 0 Å². The topological polar surface area (TPSA) is 165 Å². The molecule has 0 saturated carbocycles. The lowest BCUT2D eigenvalue weighted by Crippen LogP contribution is -2.50. The Hall–Kier alpha value is -2.62. The molecule has 24 heavy (non-hydrogen) atoms. The SMILES string of the molecule is CNCCCC[C@H](NC(=O)NC(/C=C/CC(=O)O)C(=O)O)C(=O)O. The van der Waals surface area contributed by atoms with E-state index in [1.807, 2.05) is 0 Å². The Kier molecular flexibility index (Phi) is 10.6. The van der Waals surface area contributed by atoms with Crippen LogP contribution in [0.25, 0.3) is 0 Å². The number of carbonyl (C=O) groups is 4. The highest BCUT2D eigenvalue weighted by molar-refractivity contribution is 5.87. The van der Waals surface area contributed by atoms with E-state index in [1.54, 1.807) is 7.05 Å². The van der Waals surface area contributed by atoms with Crippen molar-refractivity contribution in [1.29, 1.82) is 0 Å². The zero-order chi connectivity index (χ0) is 18.5. The molecule has 10 heteroatoms. The van der Waals surface area contributed by atoms with Crippen LogP contribution in [-0.4, -0.2) is 64.9 Å². The van der Waals surface area contributed by atoms with Crippen molar-refractivity contribution in [2.24, 2.45) is 0 Å². The van der Waals surface area contributed by atoms with Crippen LogP contribution >= 0.6 is 0 Å². The Morgan fingerprint density at radius 3 is 2.17 bits per heavy atom. The largest absolute Gasteiger partial charge is 0.481 e. The quantitative estimate of drug-likeness (QED) is 0.205. The van der Waals surface area contributed by atoms with Crippen LogP contribution < -0.4 is 16.0 Å². The van der Waals surface area contributed by atoms with Gasteiger partial charge in [0.1, 0.15) is 12.1 Å². The minimum absolute atomic E-state index is 0.205. The number of rotatable bonds is 12. The summed E-state index contributed by atoms with van der Waals surface area (Å²) in [6, 6.07) is -3.55. The fraction of sp³-hybridized carbons (Fsp3) is 0.571. The number of carboxylic acids is 3. The van der Waals surface area contributed by atoms with E-state index in [9.17, 15) is 19.2 Å². The number of hydrogen-bond donors (Lipinski definition) is 6. The van der Waals surface area contributed by atoms with Crippen molar-refractivity contribution in [2.45, 2.75) is 37.8 Å². The van der Waals surface area contributed by atoms with Gasteiger partial charge in [-0.15, -0.1) is 0 Å². The molecular formula is C14H23N3O7.